The third kappa shape index (κ3) is 37.9. The van der Waals surface area contributed by atoms with Crippen LogP contribution in [0.2, 0.25) is 0 Å². The van der Waals surface area contributed by atoms with Crippen LogP contribution in [-0.2, 0) is 0 Å². The minimum atomic E-state index is -4.61. The largest absolute Gasteiger partial charge is 0.668 e. The summed E-state index contributed by atoms with van der Waals surface area (Å²) in [6, 6.07) is 0. The lowest BCUT2D eigenvalue weighted by atomic mass is 10.0. The SMILES string of the molecule is CCCCCCCCCCCCCCCCCCN.O[Si](O)(O)O. The molecule has 6 N–H and O–H groups in total. The van der Waals surface area contributed by atoms with E-state index in [2.05, 4.69) is 6.92 Å². The monoisotopic (exact) mass is 365 g/mol. The normalized spacial score (nSPS) is 11.2. The summed E-state index contributed by atoms with van der Waals surface area (Å²) in [5.74, 6) is 0. The quantitative estimate of drug-likeness (QED) is 0.212. The first-order valence-corrected chi connectivity index (χ1v) is 11.8. The van der Waals surface area contributed by atoms with E-state index in [-0.39, 0.29) is 0 Å². The van der Waals surface area contributed by atoms with Crippen LogP contribution in [0.15, 0.2) is 0 Å². The van der Waals surface area contributed by atoms with Gasteiger partial charge in [0, 0.05) is 0 Å². The maximum atomic E-state index is 7.33. The summed E-state index contributed by atoms with van der Waals surface area (Å²) in [5, 5.41) is 0. The van der Waals surface area contributed by atoms with Crippen LogP contribution in [0.25, 0.3) is 0 Å². The Morgan fingerprint density at radius 1 is 0.500 bits per heavy atom. The molecule has 0 fully saturated rings. The molecule has 24 heavy (non-hydrogen) atoms. The first-order chi connectivity index (χ1) is 11.4. The molecule has 5 nitrogen and oxygen atoms in total. The molecule has 0 amide bonds. The van der Waals surface area contributed by atoms with E-state index < -0.39 is 9.05 Å². The summed E-state index contributed by atoms with van der Waals surface area (Å²) in [5.41, 5.74) is 5.48. The van der Waals surface area contributed by atoms with E-state index in [1.54, 1.807) is 0 Å². The third-order valence-corrected chi connectivity index (χ3v) is 4.06. The van der Waals surface area contributed by atoms with Crippen molar-refractivity contribution in [1.29, 1.82) is 0 Å². The van der Waals surface area contributed by atoms with Crippen LogP contribution in [0.3, 0.4) is 0 Å². The molecule has 0 aromatic rings. The van der Waals surface area contributed by atoms with E-state index in [1.165, 1.54) is 103 Å². The molecule has 0 saturated carbocycles. The van der Waals surface area contributed by atoms with Crippen LogP contribution in [0.1, 0.15) is 110 Å². The molecule has 0 spiro atoms. The van der Waals surface area contributed by atoms with Crippen molar-refractivity contribution in [2.24, 2.45) is 5.73 Å². The van der Waals surface area contributed by atoms with Crippen molar-refractivity contribution < 1.29 is 19.2 Å². The maximum Gasteiger partial charge on any atom is 0.668 e. The highest BCUT2D eigenvalue weighted by atomic mass is 28.4. The zero-order valence-corrected chi connectivity index (χ0v) is 16.9. The van der Waals surface area contributed by atoms with Gasteiger partial charge in [0.1, 0.15) is 0 Å². The Balaban J connectivity index is 0. The van der Waals surface area contributed by atoms with E-state index in [0.717, 1.165) is 6.54 Å². The summed E-state index contributed by atoms with van der Waals surface area (Å²) in [6.45, 7) is 3.16. The second-order valence-electron chi connectivity index (χ2n) is 6.69. The van der Waals surface area contributed by atoms with E-state index in [1.807, 2.05) is 0 Å². The van der Waals surface area contributed by atoms with E-state index in [9.17, 15) is 0 Å². The molecular formula is C18H43NO4Si. The molecule has 0 aromatic heterocycles. The fraction of sp³-hybridized carbons (Fsp3) is 1.00. The summed E-state index contributed by atoms with van der Waals surface area (Å²) >= 11 is 0. The molecule has 0 bridgehead atoms. The van der Waals surface area contributed by atoms with Gasteiger partial charge in [-0.25, -0.2) is 0 Å². The van der Waals surface area contributed by atoms with Crippen LogP contribution in [0.5, 0.6) is 0 Å². The molecular weight excluding hydrogens is 322 g/mol. The van der Waals surface area contributed by atoms with Gasteiger partial charge in [-0.1, -0.05) is 103 Å². The predicted octanol–water partition coefficient (Wildman–Crippen LogP) is 3.60. The Morgan fingerprint density at radius 2 is 0.708 bits per heavy atom. The molecule has 0 aliphatic rings. The molecule has 0 aliphatic heterocycles. The minimum Gasteiger partial charge on any atom is -0.368 e. The van der Waals surface area contributed by atoms with E-state index in [0.29, 0.717) is 0 Å². The smallest absolute Gasteiger partial charge is 0.368 e. The van der Waals surface area contributed by atoms with Crippen LogP contribution in [0.4, 0.5) is 0 Å². The number of nitrogens with two attached hydrogens (primary N) is 1. The average Bonchev–Trinajstić information content (AvgIpc) is 2.49. The van der Waals surface area contributed by atoms with Gasteiger partial charge in [-0.15, -0.1) is 0 Å². The summed E-state index contributed by atoms with van der Waals surface area (Å²) < 4.78 is 0. The Morgan fingerprint density at radius 3 is 0.917 bits per heavy atom. The fourth-order valence-corrected chi connectivity index (χ4v) is 2.69. The molecule has 148 valence electrons. The third-order valence-electron chi connectivity index (χ3n) is 4.06. The van der Waals surface area contributed by atoms with Crippen LogP contribution < -0.4 is 5.73 Å². The molecule has 0 atom stereocenters. The average molecular weight is 366 g/mol. The Labute approximate surface area is 150 Å². The van der Waals surface area contributed by atoms with E-state index in [4.69, 9.17) is 24.9 Å². The second-order valence-corrected chi connectivity index (χ2v) is 7.89. The Bertz CT molecular complexity index is 204. The van der Waals surface area contributed by atoms with Crippen LogP contribution in [-0.4, -0.2) is 34.8 Å². The first-order valence-electron chi connectivity index (χ1n) is 10.0. The summed E-state index contributed by atoms with van der Waals surface area (Å²) in [6.07, 6.45) is 22.9. The van der Waals surface area contributed by atoms with Crippen molar-refractivity contribution in [3.8, 4) is 0 Å². The van der Waals surface area contributed by atoms with Gasteiger partial charge in [0.05, 0.1) is 0 Å². The van der Waals surface area contributed by atoms with Gasteiger partial charge < -0.3 is 24.9 Å². The van der Waals surface area contributed by atoms with Gasteiger partial charge >= 0.3 is 9.05 Å². The molecule has 0 aliphatic carbocycles. The predicted molar refractivity (Wildman–Crippen MR) is 103 cm³/mol. The second kappa shape index (κ2) is 21.1. The molecule has 0 aromatic carbocycles. The molecule has 0 rings (SSSR count). The lowest BCUT2D eigenvalue weighted by Gasteiger charge is -2.03. The van der Waals surface area contributed by atoms with Crippen molar-refractivity contribution in [2.75, 3.05) is 6.54 Å². The molecule has 0 unspecified atom stereocenters. The highest BCUT2D eigenvalue weighted by molar-refractivity contribution is 6.46. The van der Waals surface area contributed by atoms with Gasteiger partial charge in [-0.05, 0) is 13.0 Å². The Kier molecular flexibility index (Phi) is 23.0. The number of unbranched alkanes of at least 4 members (excludes halogenated alkanes) is 15. The van der Waals surface area contributed by atoms with Gasteiger partial charge in [-0.2, -0.15) is 0 Å². The standard InChI is InChI=1S/C18H39N.H4O4Si/c1-2-3-4-5-6-7-8-9-10-11-12-13-14-15-16-17-18-19;1-5(2,3)4/h2-19H2,1H3;1-4H. The maximum absolute atomic E-state index is 7.33. The zero-order chi connectivity index (χ0) is 18.5. The molecule has 0 saturated heterocycles. The molecule has 0 heterocycles. The van der Waals surface area contributed by atoms with Crippen molar-refractivity contribution in [3.05, 3.63) is 0 Å². The molecule has 6 heteroatoms. The highest BCUT2D eigenvalue weighted by Crippen LogP contribution is 2.13. The van der Waals surface area contributed by atoms with E-state index >= 15 is 0 Å². The van der Waals surface area contributed by atoms with Crippen molar-refractivity contribution in [1.82, 2.24) is 0 Å². The van der Waals surface area contributed by atoms with Crippen molar-refractivity contribution in [2.45, 2.75) is 110 Å². The lowest BCUT2D eigenvalue weighted by molar-refractivity contribution is 0.117. The van der Waals surface area contributed by atoms with Crippen LogP contribution >= 0.6 is 0 Å². The summed E-state index contributed by atoms with van der Waals surface area (Å²) in [7, 11) is -4.61. The van der Waals surface area contributed by atoms with Gasteiger partial charge in [0.25, 0.3) is 0 Å². The number of hydrogen-bond acceptors (Lipinski definition) is 5. The van der Waals surface area contributed by atoms with Gasteiger partial charge in [-0.3, -0.25) is 0 Å². The summed E-state index contributed by atoms with van der Waals surface area (Å²) in [4.78, 5) is 29.3. The highest BCUT2D eigenvalue weighted by Gasteiger charge is 2.22. The number of hydrogen-bond donors (Lipinski definition) is 5. The van der Waals surface area contributed by atoms with Crippen LogP contribution in [0, 0.1) is 0 Å². The topological polar surface area (TPSA) is 107 Å². The molecule has 0 radical (unpaired) electrons. The lowest BCUT2D eigenvalue weighted by Crippen LogP contribution is -2.33. The fourth-order valence-electron chi connectivity index (χ4n) is 2.69. The first kappa shape index (κ1) is 26.2. The Hall–Kier alpha value is 0.0169. The van der Waals surface area contributed by atoms with Crippen molar-refractivity contribution >= 4 is 9.05 Å². The zero-order valence-electron chi connectivity index (χ0n) is 15.9. The van der Waals surface area contributed by atoms with Gasteiger partial charge in [0.2, 0.25) is 0 Å². The minimum absolute atomic E-state index is 0.873. The number of rotatable bonds is 16. The van der Waals surface area contributed by atoms with Gasteiger partial charge in [0.15, 0.2) is 0 Å². The van der Waals surface area contributed by atoms with Crippen molar-refractivity contribution in [3.63, 3.8) is 0 Å².